The zero-order valence-corrected chi connectivity index (χ0v) is 66.2. The Balaban J connectivity index is 0.000000155. The summed E-state index contributed by atoms with van der Waals surface area (Å²) in [6, 6.07) is 53.4. The van der Waals surface area contributed by atoms with Crippen molar-refractivity contribution < 1.29 is 106 Å². The van der Waals surface area contributed by atoms with Crippen molar-refractivity contribution in [1.29, 1.82) is 0 Å². The Morgan fingerprint density at radius 2 is 0.881 bits per heavy atom. The van der Waals surface area contributed by atoms with E-state index >= 15 is 0 Å². The van der Waals surface area contributed by atoms with Gasteiger partial charge >= 0.3 is 24.1 Å². The van der Waals surface area contributed by atoms with Gasteiger partial charge in [0.05, 0.1) is 79.0 Å². The van der Waals surface area contributed by atoms with Crippen molar-refractivity contribution in [3.63, 3.8) is 0 Å². The zero-order chi connectivity index (χ0) is 84.5. The van der Waals surface area contributed by atoms with Gasteiger partial charge in [0, 0.05) is 39.8 Å². The van der Waals surface area contributed by atoms with E-state index < -0.39 is 98.6 Å². The number of pyridine rings is 2. The molecule has 0 bridgehead atoms. The molecule has 5 aliphatic carbocycles. The largest absolute Gasteiger partial charge is 0.493 e. The van der Waals surface area contributed by atoms with Gasteiger partial charge in [-0.1, -0.05) is 123 Å². The lowest BCUT2D eigenvalue weighted by molar-refractivity contribution is -0.149. The van der Waals surface area contributed by atoms with E-state index in [1.165, 1.54) is 77.1 Å². The highest BCUT2D eigenvalue weighted by Crippen LogP contribution is 2.59. The van der Waals surface area contributed by atoms with Crippen LogP contribution in [0.3, 0.4) is 0 Å². The SMILES string of the molecule is CCCNC(=O)[C@@]1(Cc2ccc(OCc3cc(C)nc4ccccc34)cc2)C[C@@H]1C(=O)NO.COC(=O)[C@@]1(Cc2ccc(OCC3CCCCC3)cc2)C[C@@H]1C(=O)NO.COC(=O)[C@]1(c2cccc(OCc3cc(C)nc4ccccc34)c2)C[C@H]1C(=O)NO.COC(=O)[C@]1(c2cccc(OCc3cccc(C(F)(F)F)c3)c2)C[C@H]1C(=O)NO. The van der Waals surface area contributed by atoms with Gasteiger partial charge in [-0.15, -0.1) is 0 Å². The molecule has 8 atom stereocenters. The second-order valence-corrected chi connectivity index (χ2v) is 30.4. The highest BCUT2D eigenvalue weighted by Gasteiger charge is 2.68. The molecule has 2 aromatic heterocycles. The van der Waals surface area contributed by atoms with Crippen molar-refractivity contribution in [3.8, 4) is 23.0 Å². The van der Waals surface area contributed by atoms with Gasteiger partial charge in [0.15, 0.2) is 0 Å². The topological polar surface area (TPSA) is 368 Å². The molecule has 5 fully saturated rings. The Labute approximate surface area is 679 Å². The summed E-state index contributed by atoms with van der Waals surface area (Å²) >= 11 is 0. The molecule has 0 saturated heterocycles. The van der Waals surface area contributed by atoms with Gasteiger partial charge < -0.3 is 38.5 Å². The number of fused-ring (bicyclic) bond motifs is 2. The monoisotopic (exact) mass is 1620 g/mol. The number of aromatic nitrogens is 2. The minimum Gasteiger partial charge on any atom is -0.493 e. The maximum Gasteiger partial charge on any atom is 0.416 e. The Morgan fingerprint density at radius 3 is 1.36 bits per heavy atom. The standard InChI is InChI=1S/C26H29N3O4.C23H22N2O5.C20H18F3NO5.C20H27NO5/c1-3-12-27-25(31)26(15-22(26)24(30)29-32)14-18-8-10-20(11-9-18)33-16-19-13-17(2)28-23-7-5-4-6-21(19)23;1-14-10-15(18-8-3-4-9-20(18)24-14)13-30-17-7-5-6-16(11-17)23(22(27)29-2)12-19(23)21(26)25-28;1-28-18(26)19(10-16(19)17(25)24-27)13-5-3-7-15(9-13)29-11-12-4-2-6-14(8-12)20(21,22)23;1-25-19(23)20(12-17(20)18(22)21-24)11-14-7-9-16(10-8-14)26-13-15-5-3-2-4-6-15/h4-11,13,22,32H,3,12,14-16H2,1-2H3,(H,27,31)(H,29,30);3-11,19,28H,12-13H2,1-2H3,(H,25,26);2-9,16,27H,10-11H2,1H3,(H,24,25);7-10,15,17,24H,2-6,11-13H2,1H3,(H,21,22)/t22-,26+;19-,23-;16-,19-;17-,20+/m1001/s1. The summed E-state index contributed by atoms with van der Waals surface area (Å²) < 4.78 is 76.7. The van der Waals surface area contributed by atoms with E-state index in [-0.39, 0.29) is 25.4 Å². The summed E-state index contributed by atoms with van der Waals surface area (Å²) in [5.41, 5.74) is 10.7. The van der Waals surface area contributed by atoms with Gasteiger partial charge in [-0.25, -0.2) is 21.9 Å². The third kappa shape index (κ3) is 20.1. The molecule has 9 N–H and O–H groups in total. The number of aryl methyl sites for hydroxylation is 2. The lowest BCUT2D eigenvalue weighted by atomic mass is 9.90. The Hall–Kier alpha value is -12.1. The van der Waals surface area contributed by atoms with Gasteiger partial charge in [0.1, 0.15) is 53.6 Å². The van der Waals surface area contributed by atoms with Gasteiger partial charge in [-0.2, -0.15) is 13.2 Å². The number of carbonyl (C=O) groups excluding carboxylic acids is 8. The van der Waals surface area contributed by atoms with Crippen LogP contribution in [-0.4, -0.2) is 113 Å². The summed E-state index contributed by atoms with van der Waals surface area (Å²) in [5, 5.41) is 40.7. The van der Waals surface area contributed by atoms with Crippen LogP contribution in [0.1, 0.15) is 127 Å². The van der Waals surface area contributed by atoms with Crippen LogP contribution in [0.4, 0.5) is 13.2 Å². The van der Waals surface area contributed by atoms with Crippen LogP contribution in [0, 0.1) is 54.3 Å². The van der Waals surface area contributed by atoms with E-state index in [1.54, 1.807) is 58.9 Å². The quantitative estimate of drug-likeness (QED) is 0.00952. The number of hydrogen-bond acceptors (Lipinski definition) is 21. The molecular weight excluding hydrogens is 1530 g/mol. The van der Waals surface area contributed by atoms with E-state index in [1.807, 2.05) is 130 Å². The summed E-state index contributed by atoms with van der Waals surface area (Å²) in [5.74, 6) is -3.52. The Bertz CT molecular complexity index is 5110. The molecule has 26 nitrogen and oxygen atoms in total. The Morgan fingerprint density at radius 1 is 0.449 bits per heavy atom. The maximum absolute atomic E-state index is 12.8. The molecule has 0 unspecified atom stereocenters. The lowest BCUT2D eigenvalue weighted by Crippen LogP contribution is -2.37. The first kappa shape index (κ1) is 86.8. The zero-order valence-electron chi connectivity index (χ0n) is 66.2. The summed E-state index contributed by atoms with van der Waals surface area (Å²) in [7, 11) is 3.80. The van der Waals surface area contributed by atoms with E-state index in [0.29, 0.717) is 79.5 Å². The fraction of sp³-hybridized carbons (Fsp3) is 0.371. The number of carbonyl (C=O) groups is 8. The second kappa shape index (κ2) is 38.4. The molecule has 5 amide bonds. The van der Waals surface area contributed by atoms with Crippen molar-refractivity contribution in [2.45, 2.75) is 135 Å². The number of hydroxylamine groups is 4. The molecule has 5 saturated carbocycles. The van der Waals surface area contributed by atoms with Crippen LogP contribution in [-0.2, 0) is 102 Å². The van der Waals surface area contributed by atoms with E-state index in [0.717, 1.165) is 92.1 Å². The highest BCUT2D eigenvalue weighted by molar-refractivity contribution is 6.00. The van der Waals surface area contributed by atoms with Crippen molar-refractivity contribution in [2.75, 3.05) is 34.5 Å². The van der Waals surface area contributed by atoms with Crippen LogP contribution < -0.4 is 46.2 Å². The number of methoxy groups -OCH3 is 3. The molecule has 14 rings (SSSR count). The first-order valence-corrected chi connectivity index (χ1v) is 38.8. The number of nitrogens with one attached hydrogen (secondary N) is 5. The maximum atomic E-state index is 12.8. The van der Waals surface area contributed by atoms with Gasteiger partial charge in [-0.3, -0.25) is 69.2 Å². The summed E-state index contributed by atoms with van der Waals surface area (Å²) in [6.07, 6.45) is 4.84. The van der Waals surface area contributed by atoms with Crippen LogP contribution >= 0.6 is 0 Å². The third-order valence-electron chi connectivity index (χ3n) is 22.6. The van der Waals surface area contributed by atoms with Gasteiger partial charge in [0.2, 0.25) is 29.5 Å². The molecule has 0 radical (unpaired) electrons. The predicted molar refractivity (Wildman–Crippen MR) is 422 cm³/mol. The third-order valence-corrected chi connectivity index (χ3v) is 22.6. The van der Waals surface area contributed by atoms with Crippen molar-refractivity contribution >= 4 is 69.2 Å². The average molecular weight is 1620 g/mol. The van der Waals surface area contributed by atoms with Gasteiger partial charge in [0.25, 0.3) is 0 Å². The van der Waals surface area contributed by atoms with Gasteiger partial charge in [-0.05, 0) is 190 Å². The molecular formula is C89H96F3N7O19. The summed E-state index contributed by atoms with van der Waals surface area (Å²) in [6.45, 7) is 7.85. The van der Waals surface area contributed by atoms with Crippen LogP contribution in [0.25, 0.3) is 21.8 Å². The number of benzene rings is 7. The first-order valence-electron chi connectivity index (χ1n) is 38.8. The minimum absolute atomic E-state index is 0.112. The average Bonchev–Trinajstić information content (AvgIpc) is 1.58. The molecule has 2 heterocycles. The summed E-state index contributed by atoms with van der Waals surface area (Å²) in [4.78, 5) is 106. The minimum atomic E-state index is -4.45. The number of nitrogens with zero attached hydrogens (tertiary/aromatic N) is 2. The van der Waals surface area contributed by atoms with Crippen molar-refractivity contribution in [2.24, 2.45) is 40.4 Å². The lowest BCUT2D eigenvalue weighted by Gasteiger charge is -2.21. The Kier molecular flexibility index (Phi) is 28.2. The van der Waals surface area contributed by atoms with Crippen molar-refractivity contribution in [3.05, 3.63) is 238 Å². The number of para-hydroxylation sites is 2. The van der Waals surface area contributed by atoms with E-state index in [4.69, 9.17) is 54.0 Å². The number of amides is 5. The smallest absolute Gasteiger partial charge is 0.416 e. The van der Waals surface area contributed by atoms with E-state index in [2.05, 4.69) is 15.3 Å². The van der Waals surface area contributed by atoms with Crippen LogP contribution in [0.5, 0.6) is 23.0 Å². The predicted octanol–water partition coefficient (Wildman–Crippen LogP) is 12.9. The molecule has 7 aromatic carbocycles. The number of alkyl halides is 3. The fourth-order valence-corrected chi connectivity index (χ4v) is 15.9. The fourth-order valence-electron chi connectivity index (χ4n) is 15.9. The van der Waals surface area contributed by atoms with Crippen LogP contribution in [0.15, 0.2) is 182 Å². The molecule has 622 valence electrons. The van der Waals surface area contributed by atoms with Crippen LogP contribution in [0.2, 0.25) is 0 Å². The number of halogens is 3. The molecule has 9 aromatic rings. The van der Waals surface area contributed by atoms with E-state index in [9.17, 15) is 51.5 Å². The first-order chi connectivity index (χ1) is 56.8. The second-order valence-electron chi connectivity index (χ2n) is 30.4. The number of rotatable bonds is 28. The van der Waals surface area contributed by atoms with Crippen molar-refractivity contribution in [1.82, 2.24) is 37.2 Å². The number of ether oxygens (including phenoxy) is 7. The molecule has 118 heavy (non-hydrogen) atoms. The number of esters is 3. The normalized spacial score (nSPS) is 21.1. The number of hydrogen-bond donors (Lipinski definition) is 9. The molecule has 5 aliphatic rings. The molecule has 0 aliphatic heterocycles. The highest BCUT2D eigenvalue weighted by atomic mass is 19.4. The molecule has 0 spiro atoms. The molecule has 29 heteroatoms.